The average molecular weight is 327 g/mol. The summed E-state index contributed by atoms with van der Waals surface area (Å²) in [6.45, 7) is 4.28. The maximum Gasteiger partial charge on any atom is 0.227 e. The average Bonchev–Trinajstić information content (AvgIpc) is 2.65. The van der Waals surface area contributed by atoms with E-state index in [1.807, 2.05) is 6.92 Å². The monoisotopic (exact) mass is 326 g/mol. The highest BCUT2D eigenvalue weighted by Gasteiger charge is 2.23. The Hall–Kier alpha value is -1.62. The second-order valence-electron chi connectivity index (χ2n) is 5.42. The first kappa shape index (κ1) is 16.7. The second kappa shape index (κ2) is 7.58. The van der Waals surface area contributed by atoms with Crippen molar-refractivity contribution < 1.29 is 14.0 Å². The van der Waals surface area contributed by atoms with Gasteiger partial charge in [0.2, 0.25) is 11.8 Å². The summed E-state index contributed by atoms with van der Waals surface area (Å²) in [5.74, 6) is -0.409. The molecule has 0 radical (unpaired) electrons. The van der Waals surface area contributed by atoms with E-state index in [2.05, 4.69) is 0 Å². The van der Waals surface area contributed by atoms with Crippen LogP contribution in [0.4, 0.5) is 4.39 Å². The zero-order valence-electron chi connectivity index (χ0n) is 12.6. The Morgan fingerprint density at radius 1 is 1.32 bits per heavy atom. The van der Waals surface area contributed by atoms with E-state index in [0.29, 0.717) is 31.6 Å². The van der Waals surface area contributed by atoms with Crippen LogP contribution in [-0.2, 0) is 16.0 Å². The van der Waals surface area contributed by atoms with Crippen molar-refractivity contribution in [3.8, 4) is 0 Å². The molecule has 0 atom stereocenters. The van der Waals surface area contributed by atoms with Crippen LogP contribution in [0.3, 0.4) is 0 Å². The molecular weight excluding hydrogens is 307 g/mol. The second-order valence-corrected chi connectivity index (χ2v) is 5.83. The molecule has 120 valence electrons. The summed E-state index contributed by atoms with van der Waals surface area (Å²) in [5, 5.41) is 0.256. The highest BCUT2D eigenvalue weighted by atomic mass is 35.5. The molecule has 1 aromatic carbocycles. The highest BCUT2D eigenvalue weighted by Crippen LogP contribution is 2.19. The minimum Gasteiger partial charge on any atom is -0.341 e. The highest BCUT2D eigenvalue weighted by molar-refractivity contribution is 6.31. The summed E-state index contributed by atoms with van der Waals surface area (Å²) < 4.78 is 13.0. The van der Waals surface area contributed by atoms with Crippen molar-refractivity contribution in [1.29, 1.82) is 0 Å². The van der Waals surface area contributed by atoms with E-state index in [0.717, 1.165) is 13.0 Å². The first-order chi connectivity index (χ1) is 10.5. The first-order valence-electron chi connectivity index (χ1n) is 7.50. The predicted octanol–water partition coefficient (Wildman–Crippen LogP) is 2.49. The standard InChI is InChI=1S/C16H20ClFN2O2/c1-2-6-19-8-9-20(7-5-15(19)21)16(22)10-12-3-4-13(18)11-14(12)17/h3-4,11H,2,5-10H2,1H3. The van der Waals surface area contributed by atoms with Gasteiger partial charge in [0.1, 0.15) is 5.82 Å². The van der Waals surface area contributed by atoms with Gasteiger partial charge in [-0.05, 0) is 24.1 Å². The van der Waals surface area contributed by atoms with Gasteiger partial charge in [0.25, 0.3) is 0 Å². The molecule has 0 N–H and O–H groups in total. The van der Waals surface area contributed by atoms with Gasteiger partial charge >= 0.3 is 0 Å². The molecule has 0 unspecified atom stereocenters. The van der Waals surface area contributed by atoms with Crippen LogP contribution < -0.4 is 0 Å². The Kier molecular flexibility index (Phi) is 5.77. The number of benzene rings is 1. The molecule has 1 aromatic rings. The smallest absolute Gasteiger partial charge is 0.227 e. The van der Waals surface area contributed by atoms with E-state index in [1.165, 1.54) is 18.2 Å². The van der Waals surface area contributed by atoms with Gasteiger partial charge in [-0.1, -0.05) is 24.6 Å². The van der Waals surface area contributed by atoms with Crippen molar-refractivity contribution in [3.63, 3.8) is 0 Å². The lowest BCUT2D eigenvalue weighted by atomic mass is 10.1. The van der Waals surface area contributed by atoms with Crippen LogP contribution >= 0.6 is 11.6 Å². The molecule has 0 aromatic heterocycles. The molecule has 1 heterocycles. The van der Waals surface area contributed by atoms with E-state index < -0.39 is 5.82 Å². The van der Waals surface area contributed by atoms with Gasteiger partial charge < -0.3 is 9.80 Å². The molecule has 1 aliphatic heterocycles. The zero-order chi connectivity index (χ0) is 16.1. The topological polar surface area (TPSA) is 40.6 Å². The molecule has 1 aliphatic rings. The lowest BCUT2D eigenvalue weighted by Crippen LogP contribution is -2.36. The fraction of sp³-hybridized carbons (Fsp3) is 0.500. The van der Waals surface area contributed by atoms with E-state index in [-0.39, 0.29) is 23.3 Å². The summed E-state index contributed by atoms with van der Waals surface area (Å²) >= 11 is 5.96. The zero-order valence-corrected chi connectivity index (χ0v) is 13.4. The van der Waals surface area contributed by atoms with E-state index in [9.17, 15) is 14.0 Å². The largest absolute Gasteiger partial charge is 0.341 e. The molecular formula is C16H20ClFN2O2. The maximum atomic E-state index is 13.0. The number of carbonyl (C=O) groups is 2. The third-order valence-corrected chi connectivity index (χ3v) is 4.14. The van der Waals surface area contributed by atoms with Crippen LogP contribution in [0.5, 0.6) is 0 Å². The van der Waals surface area contributed by atoms with Gasteiger partial charge in [-0.3, -0.25) is 9.59 Å². The summed E-state index contributed by atoms with van der Waals surface area (Å²) in [6, 6.07) is 4.03. The summed E-state index contributed by atoms with van der Waals surface area (Å²) in [7, 11) is 0. The molecule has 0 aliphatic carbocycles. The fourth-order valence-corrected chi connectivity index (χ4v) is 2.80. The van der Waals surface area contributed by atoms with Crippen molar-refractivity contribution in [3.05, 3.63) is 34.6 Å². The number of rotatable bonds is 4. The van der Waals surface area contributed by atoms with Crippen molar-refractivity contribution in [2.24, 2.45) is 0 Å². The molecule has 1 fully saturated rings. The molecule has 2 rings (SSSR count). The van der Waals surface area contributed by atoms with Crippen LogP contribution in [0.2, 0.25) is 5.02 Å². The Labute approximate surface area is 134 Å². The number of nitrogens with zero attached hydrogens (tertiary/aromatic N) is 2. The Morgan fingerprint density at radius 2 is 2.09 bits per heavy atom. The van der Waals surface area contributed by atoms with Crippen LogP contribution in [0.15, 0.2) is 18.2 Å². The summed E-state index contributed by atoms with van der Waals surface area (Å²) in [4.78, 5) is 27.8. The molecule has 22 heavy (non-hydrogen) atoms. The molecule has 0 saturated carbocycles. The van der Waals surface area contributed by atoms with Crippen LogP contribution in [0, 0.1) is 5.82 Å². The number of halogens is 2. The van der Waals surface area contributed by atoms with Gasteiger partial charge in [-0.25, -0.2) is 4.39 Å². The van der Waals surface area contributed by atoms with Gasteiger partial charge in [0.05, 0.1) is 6.42 Å². The van der Waals surface area contributed by atoms with Crippen molar-refractivity contribution in [1.82, 2.24) is 9.80 Å². The van der Waals surface area contributed by atoms with Crippen molar-refractivity contribution in [2.45, 2.75) is 26.2 Å². The predicted molar refractivity (Wildman–Crippen MR) is 83.2 cm³/mol. The minimum absolute atomic E-state index is 0.0837. The van der Waals surface area contributed by atoms with E-state index >= 15 is 0 Å². The first-order valence-corrected chi connectivity index (χ1v) is 7.88. The maximum absolute atomic E-state index is 13.0. The molecule has 0 spiro atoms. The van der Waals surface area contributed by atoms with E-state index in [4.69, 9.17) is 11.6 Å². The van der Waals surface area contributed by atoms with Gasteiger partial charge in [0, 0.05) is 37.6 Å². The fourth-order valence-electron chi connectivity index (χ4n) is 2.56. The molecule has 4 nitrogen and oxygen atoms in total. The number of amides is 2. The minimum atomic E-state index is -0.420. The van der Waals surface area contributed by atoms with Crippen LogP contribution in [-0.4, -0.2) is 47.8 Å². The summed E-state index contributed by atoms with van der Waals surface area (Å²) in [6.07, 6.45) is 1.38. The Balaban J connectivity index is 1.99. The Bertz CT molecular complexity index is 565. The van der Waals surface area contributed by atoms with Crippen molar-refractivity contribution in [2.75, 3.05) is 26.2 Å². The third-order valence-electron chi connectivity index (χ3n) is 3.79. The van der Waals surface area contributed by atoms with E-state index in [1.54, 1.807) is 9.80 Å². The lowest BCUT2D eigenvalue weighted by Gasteiger charge is -2.22. The van der Waals surface area contributed by atoms with Crippen LogP contribution in [0.1, 0.15) is 25.3 Å². The molecule has 1 saturated heterocycles. The number of carbonyl (C=O) groups excluding carboxylic acids is 2. The quantitative estimate of drug-likeness (QED) is 0.853. The third kappa shape index (κ3) is 4.19. The van der Waals surface area contributed by atoms with Gasteiger partial charge in [-0.15, -0.1) is 0 Å². The SMILES string of the molecule is CCCN1CCN(C(=O)Cc2ccc(F)cc2Cl)CCC1=O. The van der Waals surface area contributed by atoms with Crippen LogP contribution in [0.25, 0.3) is 0 Å². The van der Waals surface area contributed by atoms with Gasteiger partial charge in [-0.2, -0.15) is 0 Å². The summed E-state index contributed by atoms with van der Waals surface area (Å²) in [5.41, 5.74) is 0.606. The Morgan fingerprint density at radius 3 is 2.77 bits per heavy atom. The number of hydrogen-bond donors (Lipinski definition) is 0. The molecule has 0 bridgehead atoms. The lowest BCUT2D eigenvalue weighted by molar-refractivity contribution is -0.130. The van der Waals surface area contributed by atoms with Crippen molar-refractivity contribution >= 4 is 23.4 Å². The normalized spacial score (nSPS) is 15.9. The number of hydrogen-bond acceptors (Lipinski definition) is 2. The molecule has 6 heteroatoms. The van der Waals surface area contributed by atoms with Gasteiger partial charge in [0.15, 0.2) is 0 Å². The molecule has 2 amide bonds.